The first kappa shape index (κ1) is 13.6. The third-order valence-corrected chi connectivity index (χ3v) is 4.38. The number of piperazine rings is 1. The number of rotatable bonds is 2. The van der Waals surface area contributed by atoms with Gasteiger partial charge in [0.25, 0.3) is 0 Å². The maximum absolute atomic E-state index is 13.4. The number of carbonyl (C=O) groups is 1. The number of benzene rings is 1. The molecular formula is C16H21FN2O. The van der Waals surface area contributed by atoms with E-state index in [0.29, 0.717) is 12.1 Å². The fourth-order valence-corrected chi connectivity index (χ4v) is 3.33. The lowest BCUT2D eigenvalue weighted by atomic mass is 9.93. The molecule has 0 unspecified atom stereocenters. The summed E-state index contributed by atoms with van der Waals surface area (Å²) in [6.07, 6.45) is 1.67. The highest BCUT2D eigenvalue weighted by Gasteiger charge is 2.53. The Bertz CT molecular complexity index is 517. The normalized spacial score (nSPS) is 28.2. The first-order valence-electron chi connectivity index (χ1n) is 7.33. The molecule has 0 bridgehead atoms. The Morgan fingerprint density at radius 1 is 1.30 bits per heavy atom. The van der Waals surface area contributed by atoms with E-state index in [1.54, 1.807) is 6.07 Å². The van der Waals surface area contributed by atoms with Crippen LogP contribution in [0.3, 0.4) is 0 Å². The Kier molecular flexibility index (Phi) is 3.28. The summed E-state index contributed by atoms with van der Waals surface area (Å²) in [4.78, 5) is 14.8. The number of amides is 1. The molecule has 1 aromatic carbocycles. The van der Waals surface area contributed by atoms with E-state index in [4.69, 9.17) is 0 Å². The van der Waals surface area contributed by atoms with Crippen molar-refractivity contribution in [1.82, 2.24) is 10.2 Å². The fourth-order valence-electron chi connectivity index (χ4n) is 3.33. The molecule has 1 amide bonds. The van der Waals surface area contributed by atoms with Crippen LogP contribution in [-0.2, 0) is 10.2 Å². The van der Waals surface area contributed by atoms with Crippen LogP contribution < -0.4 is 5.32 Å². The molecule has 3 rings (SSSR count). The predicted molar refractivity (Wildman–Crippen MR) is 76.0 cm³/mol. The van der Waals surface area contributed by atoms with Gasteiger partial charge >= 0.3 is 0 Å². The molecule has 0 spiro atoms. The third-order valence-electron chi connectivity index (χ3n) is 4.38. The monoisotopic (exact) mass is 276 g/mol. The molecule has 0 aromatic heterocycles. The fraction of sp³-hybridized carbons (Fsp3) is 0.562. The highest BCUT2D eigenvalue weighted by atomic mass is 19.1. The van der Waals surface area contributed by atoms with E-state index >= 15 is 0 Å². The molecular weight excluding hydrogens is 255 g/mol. The number of hydrogen-bond acceptors (Lipinski definition) is 2. The SMILES string of the molecule is C[C@@H]1CN(C(=O)C2(c3cccc(F)c3)CC2)C[C@H](C)N1. The van der Waals surface area contributed by atoms with Gasteiger partial charge in [-0.15, -0.1) is 0 Å². The summed E-state index contributed by atoms with van der Waals surface area (Å²) in [6, 6.07) is 7.14. The summed E-state index contributed by atoms with van der Waals surface area (Å²) in [5.74, 6) is -0.0908. The van der Waals surface area contributed by atoms with Crippen molar-refractivity contribution in [2.45, 2.75) is 44.2 Å². The Morgan fingerprint density at radius 2 is 1.95 bits per heavy atom. The van der Waals surface area contributed by atoms with Crippen LogP contribution in [0.4, 0.5) is 4.39 Å². The minimum atomic E-state index is -0.459. The molecule has 1 saturated heterocycles. The van der Waals surface area contributed by atoms with Crippen molar-refractivity contribution < 1.29 is 9.18 Å². The minimum absolute atomic E-state index is 0.170. The highest BCUT2D eigenvalue weighted by molar-refractivity contribution is 5.91. The maximum Gasteiger partial charge on any atom is 0.233 e. The Hall–Kier alpha value is -1.42. The number of hydrogen-bond donors (Lipinski definition) is 1. The Labute approximate surface area is 119 Å². The first-order chi connectivity index (χ1) is 9.51. The number of carbonyl (C=O) groups excluding carboxylic acids is 1. The lowest BCUT2D eigenvalue weighted by Gasteiger charge is -2.38. The van der Waals surface area contributed by atoms with Gasteiger partial charge in [-0.2, -0.15) is 0 Å². The van der Waals surface area contributed by atoms with E-state index in [1.807, 2.05) is 11.0 Å². The van der Waals surface area contributed by atoms with E-state index in [-0.39, 0.29) is 11.7 Å². The van der Waals surface area contributed by atoms with Crippen LogP contribution in [-0.4, -0.2) is 36.0 Å². The zero-order valence-electron chi connectivity index (χ0n) is 12.0. The average molecular weight is 276 g/mol. The van der Waals surface area contributed by atoms with Crippen molar-refractivity contribution in [2.24, 2.45) is 0 Å². The molecule has 1 aromatic rings. The third kappa shape index (κ3) is 2.33. The molecule has 20 heavy (non-hydrogen) atoms. The van der Waals surface area contributed by atoms with Crippen molar-refractivity contribution in [3.05, 3.63) is 35.6 Å². The summed E-state index contributed by atoms with van der Waals surface area (Å²) >= 11 is 0. The summed E-state index contributed by atoms with van der Waals surface area (Å²) in [7, 11) is 0. The molecule has 1 heterocycles. The molecule has 108 valence electrons. The van der Waals surface area contributed by atoms with Crippen LogP contribution in [0.5, 0.6) is 0 Å². The molecule has 0 radical (unpaired) electrons. The molecule has 2 aliphatic rings. The minimum Gasteiger partial charge on any atom is -0.339 e. The van der Waals surface area contributed by atoms with Crippen molar-refractivity contribution in [2.75, 3.05) is 13.1 Å². The van der Waals surface area contributed by atoms with Crippen molar-refractivity contribution in [1.29, 1.82) is 0 Å². The van der Waals surface area contributed by atoms with E-state index in [0.717, 1.165) is 31.5 Å². The quantitative estimate of drug-likeness (QED) is 0.897. The van der Waals surface area contributed by atoms with Gasteiger partial charge in [0.05, 0.1) is 5.41 Å². The van der Waals surface area contributed by atoms with Crippen molar-refractivity contribution in [3.8, 4) is 0 Å². The first-order valence-corrected chi connectivity index (χ1v) is 7.33. The average Bonchev–Trinajstić information content (AvgIpc) is 3.18. The Balaban J connectivity index is 1.83. The number of nitrogens with one attached hydrogen (secondary N) is 1. The lowest BCUT2D eigenvalue weighted by molar-refractivity contribution is -0.135. The second-order valence-electron chi connectivity index (χ2n) is 6.27. The van der Waals surface area contributed by atoms with Crippen molar-refractivity contribution >= 4 is 5.91 Å². The van der Waals surface area contributed by atoms with Gasteiger partial charge in [0.1, 0.15) is 5.82 Å². The second-order valence-corrected chi connectivity index (χ2v) is 6.27. The van der Waals surface area contributed by atoms with Gasteiger partial charge in [0.15, 0.2) is 0 Å². The van der Waals surface area contributed by atoms with Crippen LogP contribution >= 0.6 is 0 Å². The molecule has 1 N–H and O–H groups in total. The van der Waals surface area contributed by atoms with Crippen molar-refractivity contribution in [3.63, 3.8) is 0 Å². The molecule has 2 fully saturated rings. The summed E-state index contributed by atoms with van der Waals surface area (Å²) in [5, 5.41) is 3.43. The predicted octanol–water partition coefficient (Wildman–Crippen LogP) is 2.07. The van der Waals surface area contributed by atoms with Gasteiger partial charge in [-0.1, -0.05) is 12.1 Å². The smallest absolute Gasteiger partial charge is 0.233 e. The molecule has 1 aliphatic heterocycles. The van der Waals surface area contributed by atoms with Crippen LogP contribution in [0.1, 0.15) is 32.3 Å². The number of halogens is 1. The van der Waals surface area contributed by atoms with Gasteiger partial charge < -0.3 is 10.2 Å². The highest BCUT2D eigenvalue weighted by Crippen LogP contribution is 2.49. The van der Waals surface area contributed by atoms with Gasteiger partial charge in [-0.3, -0.25) is 4.79 Å². The van der Waals surface area contributed by atoms with Crippen LogP contribution in [0.15, 0.2) is 24.3 Å². The van der Waals surface area contributed by atoms with Crippen LogP contribution in [0.25, 0.3) is 0 Å². The largest absolute Gasteiger partial charge is 0.339 e. The molecule has 2 atom stereocenters. The van der Waals surface area contributed by atoms with E-state index in [1.165, 1.54) is 12.1 Å². The molecule has 3 nitrogen and oxygen atoms in total. The van der Waals surface area contributed by atoms with E-state index in [2.05, 4.69) is 19.2 Å². The topological polar surface area (TPSA) is 32.3 Å². The van der Waals surface area contributed by atoms with Gasteiger partial charge in [-0.05, 0) is 44.4 Å². The van der Waals surface area contributed by atoms with E-state index in [9.17, 15) is 9.18 Å². The lowest BCUT2D eigenvalue weighted by Crippen LogP contribution is -2.57. The summed E-state index contributed by atoms with van der Waals surface area (Å²) in [5.41, 5.74) is 0.375. The molecule has 4 heteroatoms. The zero-order valence-corrected chi connectivity index (χ0v) is 12.0. The van der Waals surface area contributed by atoms with E-state index < -0.39 is 5.41 Å². The zero-order chi connectivity index (χ0) is 14.3. The van der Waals surface area contributed by atoms with Crippen LogP contribution in [0.2, 0.25) is 0 Å². The second kappa shape index (κ2) is 4.85. The van der Waals surface area contributed by atoms with Crippen LogP contribution in [0, 0.1) is 5.82 Å². The molecule has 1 aliphatic carbocycles. The Morgan fingerprint density at radius 3 is 2.50 bits per heavy atom. The van der Waals surface area contributed by atoms with Gasteiger partial charge in [0, 0.05) is 25.2 Å². The standard InChI is InChI=1S/C16H21FN2O/c1-11-9-19(10-12(2)18-11)15(20)16(6-7-16)13-4-3-5-14(17)8-13/h3-5,8,11-12,18H,6-7,9-10H2,1-2H3/t11-,12+. The number of nitrogens with zero attached hydrogens (tertiary/aromatic N) is 1. The molecule has 1 saturated carbocycles. The summed E-state index contributed by atoms with van der Waals surface area (Å²) < 4.78 is 13.4. The van der Waals surface area contributed by atoms with Gasteiger partial charge in [0.2, 0.25) is 5.91 Å². The van der Waals surface area contributed by atoms with Gasteiger partial charge in [-0.25, -0.2) is 4.39 Å². The summed E-state index contributed by atoms with van der Waals surface area (Å²) in [6.45, 7) is 5.66. The maximum atomic E-state index is 13.4.